The number of aliphatic hydroxyl groups is 1. The van der Waals surface area contributed by atoms with Crippen LogP contribution in [0, 0.1) is 5.95 Å². The molecule has 0 fully saturated rings. The maximum absolute atomic E-state index is 12.3. The van der Waals surface area contributed by atoms with E-state index in [1.165, 1.54) is 0 Å². The number of hydrogen-bond acceptors (Lipinski definition) is 2. The fraction of sp³-hybridized carbons (Fsp3) is 0.375. The molecule has 9 heteroatoms. The van der Waals surface area contributed by atoms with Gasteiger partial charge in [-0.15, -0.1) is 0 Å². The van der Waals surface area contributed by atoms with Gasteiger partial charge in [-0.2, -0.15) is 30.7 Å². The molecule has 0 unspecified atom stereocenters. The summed E-state index contributed by atoms with van der Waals surface area (Å²) in [7, 11) is 0. The standard InChI is InChI=1S/C8H4F7NO/c9-5-2-1-4(3-16-5)6(17,7(10,11)12)8(13,14)15/h1-3,17H. The first kappa shape index (κ1) is 13.7. The first-order valence-corrected chi connectivity index (χ1v) is 3.98. The zero-order chi connectivity index (χ0) is 13.5. The molecule has 0 bridgehead atoms. The van der Waals surface area contributed by atoms with Gasteiger partial charge >= 0.3 is 12.4 Å². The highest BCUT2D eigenvalue weighted by molar-refractivity contribution is 5.23. The van der Waals surface area contributed by atoms with Gasteiger partial charge in [0.25, 0.3) is 5.60 Å². The Kier molecular flexibility index (Phi) is 3.08. The van der Waals surface area contributed by atoms with Crippen molar-refractivity contribution in [3.05, 3.63) is 29.8 Å². The van der Waals surface area contributed by atoms with Gasteiger partial charge in [-0.25, -0.2) is 4.98 Å². The molecule has 0 saturated heterocycles. The quantitative estimate of drug-likeness (QED) is 0.624. The second kappa shape index (κ2) is 3.83. The number of alkyl halides is 6. The van der Waals surface area contributed by atoms with Crippen LogP contribution < -0.4 is 0 Å². The van der Waals surface area contributed by atoms with Crippen molar-refractivity contribution in [2.75, 3.05) is 0 Å². The van der Waals surface area contributed by atoms with Crippen LogP contribution in [0.15, 0.2) is 18.3 Å². The zero-order valence-corrected chi connectivity index (χ0v) is 7.77. The predicted molar refractivity (Wildman–Crippen MR) is 40.2 cm³/mol. The average molecular weight is 263 g/mol. The number of pyridine rings is 1. The van der Waals surface area contributed by atoms with Crippen LogP contribution >= 0.6 is 0 Å². The highest BCUT2D eigenvalue weighted by atomic mass is 19.4. The van der Waals surface area contributed by atoms with E-state index in [1.807, 2.05) is 0 Å². The summed E-state index contributed by atoms with van der Waals surface area (Å²) >= 11 is 0. The lowest BCUT2D eigenvalue weighted by molar-refractivity contribution is -0.376. The molecule has 0 aromatic carbocycles. The van der Waals surface area contributed by atoms with E-state index in [0.717, 1.165) is 0 Å². The number of aromatic nitrogens is 1. The van der Waals surface area contributed by atoms with Crippen LogP contribution in [0.1, 0.15) is 5.56 Å². The molecule has 1 aromatic heterocycles. The SMILES string of the molecule is OC(c1ccc(F)nc1)(C(F)(F)F)C(F)(F)F. The van der Waals surface area contributed by atoms with E-state index < -0.39 is 29.5 Å². The van der Waals surface area contributed by atoms with Crippen LogP contribution in [0.25, 0.3) is 0 Å². The molecule has 1 rings (SSSR count). The van der Waals surface area contributed by atoms with Gasteiger partial charge in [0.2, 0.25) is 5.95 Å². The van der Waals surface area contributed by atoms with Gasteiger partial charge in [0.15, 0.2) is 0 Å². The maximum Gasteiger partial charge on any atom is 0.430 e. The summed E-state index contributed by atoms with van der Waals surface area (Å²) in [6, 6.07) is 0.459. The summed E-state index contributed by atoms with van der Waals surface area (Å²) in [6.45, 7) is 0. The van der Waals surface area contributed by atoms with Crippen LogP contribution in [0.4, 0.5) is 30.7 Å². The zero-order valence-electron chi connectivity index (χ0n) is 7.77. The number of hydrogen-bond donors (Lipinski definition) is 1. The molecular weight excluding hydrogens is 259 g/mol. The normalized spacial score (nSPS) is 13.9. The third kappa shape index (κ3) is 2.19. The fourth-order valence-electron chi connectivity index (χ4n) is 1.08. The Morgan fingerprint density at radius 1 is 0.941 bits per heavy atom. The van der Waals surface area contributed by atoms with Crippen LogP contribution in [0.2, 0.25) is 0 Å². The Morgan fingerprint density at radius 2 is 1.41 bits per heavy atom. The molecule has 1 N–H and O–H groups in total. The highest BCUT2D eigenvalue weighted by Crippen LogP contribution is 2.49. The summed E-state index contributed by atoms with van der Waals surface area (Å²) in [6.07, 6.45) is -12.0. The second-order valence-corrected chi connectivity index (χ2v) is 3.08. The van der Waals surface area contributed by atoms with Crippen molar-refractivity contribution in [1.82, 2.24) is 4.98 Å². The van der Waals surface area contributed by atoms with Crippen molar-refractivity contribution >= 4 is 0 Å². The summed E-state index contributed by atoms with van der Waals surface area (Å²) in [5.74, 6) is -1.26. The minimum Gasteiger partial charge on any atom is -0.369 e. The molecule has 0 aliphatic heterocycles. The number of rotatable bonds is 1. The number of halogens is 7. The lowest BCUT2D eigenvalue weighted by Crippen LogP contribution is -2.54. The summed E-state index contributed by atoms with van der Waals surface area (Å²) in [5.41, 5.74) is -6.67. The van der Waals surface area contributed by atoms with Crippen molar-refractivity contribution in [3.63, 3.8) is 0 Å². The largest absolute Gasteiger partial charge is 0.430 e. The minimum absolute atomic E-state index is 0.0175. The van der Waals surface area contributed by atoms with Crippen LogP contribution in [0.3, 0.4) is 0 Å². The van der Waals surface area contributed by atoms with Crippen molar-refractivity contribution in [1.29, 1.82) is 0 Å². The number of nitrogens with zero attached hydrogens (tertiary/aromatic N) is 1. The molecule has 96 valence electrons. The van der Waals surface area contributed by atoms with Gasteiger partial charge in [-0.05, 0) is 12.1 Å². The molecule has 0 spiro atoms. The topological polar surface area (TPSA) is 33.1 Å². The fourth-order valence-corrected chi connectivity index (χ4v) is 1.08. The van der Waals surface area contributed by atoms with Crippen LogP contribution in [-0.4, -0.2) is 22.4 Å². The lowest BCUT2D eigenvalue weighted by Gasteiger charge is -2.32. The van der Waals surface area contributed by atoms with Crippen molar-refractivity contribution in [3.8, 4) is 0 Å². The summed E-state index contributed by atoms with van der Waals surface area (Å²) in [4.78, 5) is 2.65. The second-order valence-electron chi connectivity index (χ2n) is 3.08. The van der Waals surface area contributed by atoms with E-state index in [0.29, 0.717) is 0 Å². The van der Waals surface area contributed by atoms with Gasteiger partial charge in [0.05, 0.1) is 0 Å². The summed E-state index contributed by atoms with van der Waals surface area (Å²) < 4.78 is 86.1. The third-order valence-corrected chi connectivity index (χ3v) is 1.97. The van der Waals surface area contributed by atoms with Crippen LogP contribution in [-0.2, 0) is 5.60 Å². The third-order valence-electron chi connectivity index (χ3n) is 1.97. The molecule has 2 nitrogen and oxygen atoms in total. The molecule has 0 aliphatic carbocycles. The minimum atomic E-state index is -6.00. The van der Waals surface area contributed by atoms with Gasteiger partial charge in [0.1, 0.15) is 0 Å². The molecule has 0 atom stereocenters. The van der Waals surface area contributed by atoms with E-state index >= 15 is 0 Å². The van der Waals surface area contributed by atoms with Crippen molar-refractivity contribution in [2.45, 2.75) is 18.0 Å². The first-order valence-electron chi connectivity index (χ1n) is 3.98. The maximum atomic E-state index is 12.3. The Hall–Kier alpha value is -1.38. The van der Waals surface area contributed by atoms with E-state index in [4.69, 9.17) is 5.11 Å². The summed E-state index contributed by atoms with van der Waals surface area (Å²) in [5, 5.41) is 8.83. The monoisotopic (exact) mass is 263 g/mol. The van der Waals surface area contributed by atoms with E-state index in [-0.39, 0.29) is 18.3 Å². The molecule has 1 heterocycles. The Morgan fingerprint density at radius 3 is 1.71 bits per heavy atom. The van der Waals surface area contributed by atoms with Gasteiger partial charge in [-0.3, -0.25) is 0 Å². The smallest absolute Gasteiger partial charge is 0.369 e. The van der Waals surface area contributed by atoms with E-state index in [2.05, 4.69) is 4.98 Å². The van der Waals surface area contributed by atoms with E-state index in [1.54, 1.807) is 0 Å². The molecule has 17 heavy (non-hydrogen) atoms. The Labute approximate surface area is 89.7 Å². The van der Waals surface area contributed by atoms with Gasteiger partial charge in [0, 0.05) is 11.8 Å². The molecule has 1 aromatic rings. The Balaban J connectivity index is 3.41. The van der Waals surface area contributed by atoms with Crippen LogP contribution in [0.5, 0.6) is 0 Å². The van der Waals surface area contributed by atoms with Gasteiger partial charge < -0.3 is 5.11 Å². The van der Waals surface area contributed by atoms with Crippen molar-refractivity contribution < 1.29 is 35.8 Å². The molecule has 0 amide bonds. The molecule has 0 aliphatic rings. The molecule has 0 radical (unpaired) electrons. The van der Waals surface area contributed by atoms with E-state index in [9.17, 15) is 30.7 Å². The first-order chi connectivity index (χ1) is 7.50. The lowest BCUT2D eigenvalue weighted by atomic mass is 9.94. The molecule has 0 saturated carbocycles. The van der Waals surface area contributed by atoms with Crippen molar-refractivity contribution in [2.24, 2.45) is 0 Å². The average Bonchev–Trinajstić information content (AvgIpc) is 2.14. The highest BCUT2D eigenvalue weighted by Gasteiger charge is 2.71. The Bertz CT molecular complexity index is 380. The van der Waals surface area contributed by atoms with Gasteiger partial charge in [-0.1, -0.05) is 0 Å². The predicted octanol–water partition coefficient (Wildman–Crippen LogP) is 2.53. The molecular formula is C8H4F7NO.